The molecule has 3 aliphatic heterocycles. The van der Waals surface area contributed by atoms with Crippen LogP contribution in [-0.4, -0.2) is 102 Å². The number of likely N-dealkylation sites (tertiary alicyclic amines) is 1. The van der Waals surface area contributed by atoms with Gasteiger partial charge in [-0.25, -0.2) is 4.79 Å². The number of ether oxygens (including phenoxy) is 3. The molecule has 2 fully saturated rings. The van der Waals surface area contributed by atoms with E-state index >= 15 is 0 Å². The number of carbonyl (C=O) groups is 5. The summed E-state index contributed by atoms with van der Waals surface area (Å²) in [6, 6.07) is 11.0. The minimum Gasteiger partial charge on any atom is -0.494 e. The summed E-state index contributed by atoms with van der Waals surface area (Å²) in [5, 5.41) is 5.52. The fourth-order valence-corrected chi connectivity index (χ4v) is 5.49. The number of hydrogen-bond donors (Lipinski definition) is 2. The largest absolute Gasteiger partial charge is 0.494 e. The standard InChI is InChI=1S/C31H37N5O8/c1-5-42-22-12-20-13-23(14-22)44-21-8-6-7-19(11-21)18-43-25-9-10-35(15-24(25)32-26(37)16-34(4)28(20)39)27(38)17-36-29(40)31(2,3)33-30(36)41/h6-8,11-14,24-25H,5,9-10,15-18H2,1-4H3,(H,32,37)(H,33,41)/t24-,25+/m0/s1. The van der Waals surface area contributed by atoms with E-state index in [0.29, 0.717) is 42.4 Å². The first-order chi connectivity index (χ1) is 20.9. The average Bonchev–Trinajstić information content (AvgIpc) is 3.16. The first-order valence-electron chi connectivity index (χ1n) is 14.6. The molecule has 13 heteroatoms. The molecule has 44 heavy (non-hydrogen) atoms. The summed E-state index contributed by atoms with van der Waals surface area (Å²) in [5.74, 6) is -0.326. The topological polar surface area (TPSA) is 147 Å². The van der Waals surface area contributed by atoms with Gasteiger partial charge in [-0.1, -0.05) is 12.1 Å². The maximum absolute atomic E-state index is 13.4. The second kappa shape index (κ2) is 12.5. The van der Waals surface area contributed by atoms with Gasteiger partial charge in [0.05, 0.1) is 31.9 Å². The molecule has 0 spiro atoms. The summed E-state index contributed by atoms with van der Waals surface area (Å²) in [7, 11) is 1.52. The van der Waals surface area contributed by atoms with Crippen molar-refractivity contribution in [2.45, 2.75) is 51.5 Å². The third kappa shape index (κ3) is 6.77. The number of benzene rings is 2. The summed E-state index contributed by atoms with van der Waals surface area (Å²) >= 11 is 0. The minimum atomic E-state index is -1.09. The number of imide groups is 1. The summed E-state index contributed by atoms with van der Waals surface area (Å²) < 4.78 is 18.0. The minimum absolute atomic E-state index is 0.100. The number of piperidine rings is 1. The zero-order valence-corrected chi connectivity index (χ0v) is 25.3. The van der Waals surface area contributed by atoms with Crippen LogP contribution in [0.3, 0.4) is 0 Å². The highest BCUT2D eigenvalue weighted by Gasteiger charge is 2.45. The Bertz CT molecular complexity index is 1480. The fourth-order valence-electron chi connectivity index (χ4n) is 5.49. The van der Waals surface area contributed by atoms with Gasteiger partial charge in [0.1, 0.15) is 29.3 Å². The van der Waals surface area contributed by atoms with Gasteiger partial charge in [-0.2, -0.15) is 0 Å². The molecule has 13 nitrogen and oxygen atoms in total. The van der Waals surface area contributed by atoms with Gasteiger partial charge in [0.2, 0.25) is 11.8 Å². The maximum Gasteiger partial charge on any atom is 0.325 e. The van der Waals surface area contributed by atoms with Gasteiger partial charge < -0.3 is 34.6 Å². The van der Waals surface area contributed by atoms with E-state index in [-0.39, 0.29) is 19.7 Å². The van der Waals surface area contributed by atoms with E-state index in [1.807, 2.05) is 25.1 Å². The molecule has 5 rings (SSSR count). The van der Waals surface area contributed by atoms with Gasteiger partial charge in [-0.3, -0.25) is 24.1 Å². The molecule has 0 aliphatic carbocycles. The van der Waals surface area contributed by atoms with Gasteiger partial charge in [-0.15, -0.1) is 0 Å². The lowest BCUT2D eigenvalue weighted by Gasteiger charge is -2.39. The Morgan fingerprint density at radius 1 is 1.09 bits per heavy atom. The van der Waals surface area contributed by atoms with E-state index in [1.54, 1.807) is 38.1 Å². The zero-order valence-electron chi connectivity index (χ0n) is 25.3. The Kier molecular flexibility index (Phi) is 8.77. The van der Waals surface area contributed by atoms with Crippen molar-refractivity contribution >= 4 is 29.7 Å². The summed E-state index contributed by atoms with van der Waals surface area (Å²) in [4.78, 5) is 68.5. The number of nitrogens with one attached hydrogen (secondary N) is 2. The van der Waals surface area contributed by atoms with E-state index in [9.17, 15) is 24.0 Å². The maximum atomic E-state index is 13.4. The summed E-state index contributed by atoms with van der Waals surface area (Å²) in [6.07, 6.45) is -0.0449. The smallest absolute Gasteiger partial charge is 0.325 e. The molecule has 2 N–H and O–H groups in total. The Morgan fingerprint density at radius 3 is 2.61 bits per heavy atom. The molecule has 0 aromatic heterocycles. The van der Waals surface area contributed by atoms with Gasteiger partial charge in [0, 0.05) is 31.8 Å². The molecule has 3 aliphatic rings. The quantitative estimate of drug-likeness (QED) is 0.501. The lowest BCUT2D eigenvalue weighted by molar-refractivity contribution is -0.141. The number of hydrogen-bond acceptors (Lipinski definition) is 8. The Hall–Kier alpha value is -4.65. The van der Waals surface area contributed by atoms with Crippen LogP contribution in [-0.2, 0) is 25.7 Å². The van der Waals surface area contributed by atoms with Gasteiger partial charge in [0.15, 0.2) is 0 Å². The molecule has 0 unspecified atom stereocenters. The Balaban J connectivity index is 1.37. The molecule has 2 aromatic carbocycles. The molecule has 4 bridgehead atoms. The molecule has 234 valence electrons. The van der Waals surface area contributed by atoms with Crippen molar-refractivity contribution in [1.82, 2.24) is 25.3 Å². The van der Waals surface area contributed by atoms with Crippen LogP contribution in [0.25, 0.3) is 0 Å². The van der Waals surface area contributed by atoms with E-state index in [2.05, 4.69) is 10.6 Å². The fraction of sp³-hybridized carbons (Fsp3) is 0.452. The summed E-state index contributed by atoms with van der Waals surface area (Å²) in [6.45, 7) is 5.36. The number of likely N-dealkylation sites (N-methyl/N-ethyl adjacent to an activating group) is 1. The highest BCUT2D eigenvalue weighted by Crippen LogP contribution is 2.29. The second-order valence-electron chi connectivity index (χ2n) is 11.6. The molecule has 2 aromatic rings. The highest BCUT2D eigenvalue weighted by molar-refractivity contribution is 6.08. The van der Waals surface area contributed by atoms with Gasteiger partial charge >= 0.3 is 6.03 Å². The average molecular weight is 608 g/mol. The molecule has 6 amide bonds. The zero-order chi connectivity index (χ0) is 31.6. The van der Waals surface area contributed by atoms with E-state index < -0.39 is 53.9 Å². The third-order valence-corrected chi connectivity index (χ3v) is 7.75. The number of amides is 6. The van der Waals surface area contributed by atoms with Crippen LogP contribution < -0.4 is 20.1 Å². The summed E-state index contributed by atoms with van der Waals surface area (Å²) in [5.41, 5.74) is 0.0348. The van der Waals surface area contributed by atoms with Crippen molar-refractivity contribution in [2.75, 3.05) is 39.8 Å². The highest BCUT2D eigenvalue weighted by atomic mass is 16.5. The van der Waals surface area contributed by atoms with Crippen molar-refractivity contribution in [3.8, 4) is 17.2 Å². The monoisotopic (exact) mass is 607 g/mol. The van der Waals surface area contributed by atoms with Crippen molar-refractivity contribution in [2.24, 2.45) is 0 Å². The van der Waals surface area contributed by atoms with Crippen LogP contribution in [0.4, 0.5) is 4.79 Å². The van der Waals surface area contributed by atoms with E-state index in [4.69, 9.17) is 14.2 Å². The molecule has 2 saturated heterocycles. The molecular formula is C31H37N5O8. The first kappa shape index (κ1) is 30.8. The lowest BCUT2D eigenvalue weighted by Crippen LogP contribution is -2.59. The number of urea groups is 1. The first-order valence-corrected chi connectivity index (χ1v) is 14.6. The van der Waals surface area contributed by atoms with E-state index in [0.717, 1.165) is 10.5 Å². The van der Waals surface area contributed by atoms with Crippen molar-refractivity contribution in [1.29, 1.82) is 0 Å². The Morgan fingerprint density at radius 2 is 1.89 bits per heavy atom. The van der Waals surface area contributed by atoms with Crippen molar-refractivity contribution < 1.29 is 38.2 Å². The molecule has 3 heterocycles. The van der Waals surface area contributed by atoms with Crippen LogP contribution in [0.1, 0.15) is 43.1 Å². The Labute approximate surface area is 255 Å². The van der Waals surface area contributed by atoms with Crippen LogP contribution in [0.5, 0.6) is 17.2 Å². The predicted octanol–water partition coefficient (Wildman–Crippen LogP) is 1.90. The molecular weight excluding hydrogens is 570 g/mol. The normalized spacial score (nSPS) is 22.1. The van der Waals surface area contributed by atoms with Crippen LogP contribution in [0.2, 0.25) is 0 Å². The molecule has 0 saturated carbocycles. The SMILES string of the molecule is CCOc1cc2cc(c1)C(=O)N(C)CC(=O)N[C@H]1CN(C(=O)CN3C(=O)NC(C)(C)C3=O)CC[C@H]1OCc1cccc(c1)O2. The number of nitrogens with zero attached hydrogens (tertiary/aromatic N) is 3. The van der Waals surface area contributed by atoms with Crippen LogP contribution in [0.15, 0.2) is 42.5 Å². The predicted molar refractivity (Wildman–Crippen MR) is 157 cm³/mol. The van der Waals surface area contributed by atoms with E-state index in [1.165, 1.54) is 16.8 Å². The van der Waals surface area contributed by atoms with Crippen LogP contribution >= 0.6 is 0 Å². The molecule has 0 radical (unpaired) electrons. The van der Waals surface area contributed by atoms with Crippen molar-refractivity contribution in [3.63, 3.8) is 0 Å². The van der Waals surface area contributed by atoms with Crippen LogP contribution in [0, 0.1) is 0 Å². The second-order valence-corrected chi connectivity index (χ2v) is 11.6. The van der Waals surface area contributed by atoms with Crippen molar-refractivity contribution in [3.05, 3.63) is 53.6 Å². The van der Waals surface area contributed by atoms with Gasteiger partial charge in [-0.05, 0) is 57.0 Å². The number of rotatable bonds is 4. The van der Waals surface area contributed by atoms with Gasteiger partial charge in [0.25, 0.3) is 11.8 Å². The number of fused-ring (bicyclic) bond motifs is 5. The third-order valence-electron chi connectivity index (χ3n) is 7.75. The lowest BCUT2D eigenvalue weighted by atomic mass is 10.0. The number of carbonyl (C=O) groups excluding carboxylic acids is 5. The molecule has 2 atom stereocenters.